The molecule has 7 heteroatoms. The molecule has 0 aliphatic carbocycles. The number of carbonyl (C=O) groups excluding carboxylic acids is 1. The summed E-state index contributed by atoms with van der Waals surface area (Å²) in [4.78, 5) is 30.0. The van der Waals surface area contributed by atoms with Gasteiger partial charge in [-0.2, -0.15) is 0 Å². The van der Waals surface area contributed by atoms with Gasteiger partial charge in [-0.3, -0.25) is 18.8 Å². The highest BCUT2D eigenvalue weighted by Crippen LogP contribution is 2.16. The number of rotatable bonds is 7. The van der Waals surface area contributed by atoms with Crippen molar-refractivity contribution in [3.63, 3.8) is 0 Å². The van der Waals surface area contributed by atoms with Gasteiger partial charge in [0.15, 0.2) is 0 Å². The Bertz CT molecular complexity index is 1090. The third-order valence-electron chi connectivity index (χ3n) is 5.90. The first kappa shape index (κ1) is 21.2. The fourth-order valence-electron chi connectivity index (χ4n) is 4.24. The molecular formula is C24H30N4O3. The minimum atomic E-state index is -0.119. The number of benzene rings is 2. The highest BCUT2D eigenvalue weighted by atomic mass is 16.5. The lowest BCUT2D eigenvalue weighted by Crippen LogP contribution is -2.49. The van der Waals surface area contributed by atoms with Gasteiger partial charge in [0, 0.05) is 39.3 Å². The van der Waals surface area contributed by atoms with Crippen LogP contribution in [-0.4, -0.2) is 57.6 Å². The van der Waals surface area contributed by atoms with Crippen molar-refractivity contribution in [3.05, 3.63) is 64.6 Å². The smallest absolute Gasteiger partial charge is 0.329 e. The maximum absolute atomic E-state index is 12.9. The van der Waals surface area contributed by atoms with Gasteiger partial charge >= 0.3 is 5.69 Å². The van der Waals surface area contributed by atoms with Crippen molar-refractivity contribution in [1.82, 2.24) is 18.9 Å². The number of piperazine rings is 1. The van der Waals surface area contributed by atoms with Crippen LogP contribution < -0.4 is 10.4 Å². The Hall–Kier alpha value is -3.06. The number of carbonyl (C=O) groups is 1. The van der Waals surface area contributed by atoms with Gasteiger partial charge in [-0.25, -0.2) is 4.79 Å². The van der Waals surface area contributed by atoms with Crippen LogP contribution in [0.4, 0.5) is 0 Å². The summed E-state index contributed by atoms with van der Waals surface area (Å²) in [6.07, 6.45) is 0. The van der Waals surface area contributed by atoms with E-state index in [0.29, 0.717) is 26.2 Å². The van der Waals surface area contributed by atoms with Crippen molar-refractivity contribution in [2.24, 2.45) is 0 Å². The number of hydrogen-bond donors (Lipinski definition) is 0. The molecule has 0 bridgehead atoms. The molecule has 1 aromatic heterocycles. The predicted molar refractivity (Wildman–Crippen MR) is 121 cm³/mol. The minimum absolute atomic E-state index is 0.00169. The summed E-state index contributed by atoms with van der Waals surface area (Å²) in [5, 5.41) is 0. The molecular weight excluding hydrogens is 392 g/mol. The highest BCUT2D eigenvalue weighted by molar-refractivity contribution is 5.81. The van der Waals surface area contributed by atoms with E-state index in [1.165, 1.54) is 5.56 Å². The van der Waals surface area contributed by atoms with Crippen LogP contribution in [0.2, 0.25) is 0 Å². The number of aryl methyl sites for hydroxylation is 1. The van der Waals surface area contributed by atoms with Crippen molar-refractivity contribution >= 4 is 16.9 Å². The number of amides is 1. The Morgan fingerprint density at radius 2 is 1.55 bits per heavy atom. The van der Waals surface area contributed by atoms with Gasteiger partial charge in [-0.1, -0.05) is 24.3 Å². The molecule has 1 fully saturated rings. The molecule has 0 saturated carbocycles. The molecule has 0 unspecified atom stereocenters. The summed E-state index contributed by atoms with van der Waals surface area (Å²) in [6, 6.07) is 15.9. The van der Waals surface area contributed by atoms with Crippen molar-refractivity contribution in [2.75, 3.05) is 32.8 Å². The van der Waals surface area contributed by atoms with Crippen LogP contribution in [0.25, 0.3) is 11.0 Å². The Labute approximate surface area is 182 Å². The van der Waals surface area contributed by atoms with E-state index in [9.17, 15) is 9.59 Å². The van der Waals surface area contributed by atoms with Gasteiger partial charge in [0.05, 0.1) is 17.6 Å². The molecule has 4 rings (SSSR count). The van der Waals surface area contributed by atoms with Crippen molar-refractivity contribution in [2.45, 2.75) is 33.5 Å². The van der Waals surface area contributed by atoms with E-state index >= 15 is 0 Å². The topological polar surface area (TPSA) is 59.7 Å². The highest BCUT2D eigenvalue weighted by Gasteiger charge is 2.23. The standard InChI is InChI=1S/C24H30N4O3/c1-3-27-21-7-5-6-8-22(21)28(24(27)30)18-23(29)26-15-13-25(14-16-26)17-19-9-11-20(12-10-19)31-4-2/h5-12H,3-4,13-18H2,1-2H3. The van der Waals surface area contributed by atoms with E-state index in [-0.39, 0.29) is 18.1 Å². The average Bonchev–Trinajstić information content (AvgIpc) is 3.06. The third-order valence-corrected chi connectivity index (χ3v) is 5.90. The zero-order valence-corrected chi connectivity index (χ0v) is 18.3. The SMILES string of the molecule is CCOc1ccc(CN2CCN(C(=O)Cn3c(=O)n(CC)c4ccccc43)CC2)cc1. The average molecular weight is 423 g/mol. The van der Waals surface area contributed by atoms with Gasteiger partial charge in [0.2, 0.25) is 5.91 Å². The summed E-state index contributed by atoms with van der Waals surface area (Å²) in [6.45, 7) is 9.13. The van der Waals surface area contributed by atoms with Crippen molar-refractivity contribution in [1.29, 1.82) is 0 Å². The lowest BCUT2D eigenvalue weighted by molar-refractivity contribution is -0.133. The molecule has 31 heavy (non-hydrogen) atoms. The van der Waals surface area contributed by atoms with Crippen LogP contribution in [0.15, 0.2) is 53.3 Å². The molecule has 1 aliphatic rings. The van der Waals surface area contributed by atoms with Crippen LogP contribution in [0.5, 0.6) is 5.75 Å². The third kappa shape index (κ3) is 4.51. The monoisotopic (exact) mass is 422 g/mol. The van der Waals surface area contributed by atoms with Crippen molar-refractivity contribution in [3.8, 4) is 5.75 Å². The Morgan fingerprint density at radius 1 is 0.903 bits per heavy atom. The predicted octanol–water partition coefficient (Wildman–Crippen LogP) is 2.57. The number of nitrogens with zero attached hydrogens (tertiary/aromatic N) is 4. The number of hydrogen-bond acceptors (Lipinski definition) is 4. The number of ether oxygens (including phenoxy) is 1. The first-order chi connectivity index (χ1) is 15.1. The molecule has 1 aliphatic heterocycles. The van der Waals surface area contributed by atoms with Crippen LogP contribution in [0.1, 0.15) is 19.4 Å². The summed E-state index contributed by atoms with van der Waals surface area (Å²) in [5.74, 6) is 0.892. The molecule has 3 aromatic rings. The van der Waals surface area contributed by atoms with E-state index in [0.717, 1.165) is 36.4 Å². The molecule has 0 radical (unpaired) electrons. The second-order valence-electron chi connectivity index (χ2n) is 7.84. The first-order valence-electron chi connectivity index (χ1n) is 11.0. The summed E-state index contributed by atoms with van der Waals surface area (Å²) in [5.41, 5.74) is 2.81. The van der Waals surface area contributed by atoms with E-state index in [2.05, 4.69) is 17.0 Å². The Balaban J connectivity index is 1.36. The Kier molecular flexibility index (Phi) is 6.42. The molecule has 2 aromatic carbocycles. The second-order valence-corrected chi connectivity index (χ2v) is 7.84. The number of imidazole rings is 1. The summed E-state index contributed by atoms with van der Waals surface area (Å²) in [7, 11) is 0. The normalized spacial score (nSPS) is 14.8. The van der Waals surface area contributed by atoms with Gasteiger partial charge < -0.3 is 9.64 Å². The van der Waals surface area contributed by atoms with Gasteiger partial charge in [-0.05, 0) is 43.7 Å². The molecule has 2 heterocycles. The van der Waals surface area contributed by atoms with Gasteiger partial charge in [0.1, 0.15) is 12.3 Å². The molecule has 1 amide bonds. The molecule has 7 nitrogen and oxygen atoms in total. The fraction of sp³-hybridized carbons (Fsp3) is 0.417. The van der Waals surface area contributed by atoms with Crippen LogP contribution >= 0.6 is 0 Å². The summed E-state index contributed by atoms with van der Waals surface area (Å²) >= 11 is 0. The number of aromatic nitrogens is 2. The minimum Gasteiger partial charge on any atom is -0.494 e. The van der Waals surface area contributed by atoms with E-state index < -0.39 is 0 Å². The second kappa shape index (κ2) is 9.39. The maximum Gasteiger partial charge on any atom is 0.329 e. The molecule has 0 atom stereocenters. The van der Waals surface area contributed by atoms with Gasteiger partial charge in [0.25, 0.3) is 0 Å². The van der Waals surface area contributed by atoms with Gasteiger partial charge in [-0.15, -0.1) is 0 Å². The molecule has 164 valence electrons. The first-order valence-corrected chi connectivity index (χ1v) is 11.0. The lowest BCUT2D eigenvalue weighted by Gasteiger charge is -2.34. The van der Waals surface area contributed by atoms with Crippen LogP contribution in [-0.2, 0) is 24.4 Å². The summed E-state index contributed by atoms with van der Waals surface area (Å²) < 4.78 is 8.82. The largest absolute Gasteiger partial charge is 0.494 e. The number of fused-ring (bicyclic) bond motifs is 1. The molecule has 0 N–H and O–H groups in total. The van der Waals surface area contributed by atoms with Crippen LogP contribution in [0.3, 0.4) is 0 Å². The van der Waals surface area contributed by atoms with E-state index in [1.807, 2.05) is 55.1 Å². The van der Waals surface area contributed by atoms with Crippen LogP contribution in [0, 0.1) is 0 Å². The molecule has 1 saturated heterocycles. The number of para-hydroxylation sites is 2. The van der Waals surface area contributed by atoms with E-state index in [4.69, 9.17) is 4.74 Å². The quantitative estimate of drug-likeness (QED) is 0.587. The zero-order valence-electron chi connectivity index (χ0n) is 18.3. The Morgan fingerprint density at radius 3 is 2.16 bits per heavy atom. The lowest BCUT2D eigenvalue weighted by atomic mass is 10.2. The fourth-order valence-corrected chi connectivity index (χ4v) is 4.24. The zero-order chi connectivity index (χ0) is 21.8. The van der Waals surface area contributed by atoms with E-state index in [1.54, 1.807) is 9.13 Å². The van der Waals surface area contributed by atoms with Crippen molar-refractivity contribution < 1.29 is 9.53 Å². The molecule has 0 spiro atoms. The maximum atomic E-state index is 12.9.